The van der Waals surface area contributed by atoms with Crippen molar-refractivity contribution in [2.75, 3.05) is 26.7 Å². The van der Waals surface area contributed by atoms with Crippen LogP contribution in [0.4, 0.5) is 0 Å². The van der Waals surface area contributed by atoms with E-state index in [-0.39, 0.29) is 12.0 Å². The van der Waals surface area contributed by atoms with Gasteiger partial charge in [-0.3, -0.25) is 4.79 Å². The average Bonchev–Trinajstić information content (AvgIpc) is 2.87. The fourth-order valence-electron chi connectivity index (χ4n) is 2.31. The van der Waals surface area contributed by atoms with Crippen LogP contribution >= 0.6 is 0 Å². The van der Waals surface area contributed by atoms with Gasteiger partial charge in [-0.05, 0) is 37.1 Å². The Balaban J connectivity index is 2.07. The summed E-state index contributed by atoms with van der Waals surface area (Å²) in [5.74, 6) is 0.0911. The fourth-order valence-corrected chi connectivity index (χ4v) is 2.31. The van der Waals surface area contributed by atoms with E-state index >= 15 is 0 Å². The van der Waals surface area contributed by atoms with Gasteiger partial charge < -0.3 is 15.4 Å². The summed E-state index contributed by atoms with van der Waals surface area (Å²) in [5, 5.41) is 0. The summed E-state index contributed by atoms with van der Waals surface area (Å²) in [6.45, 7) is 2.07. The van der Waals surface area contributed by atoms with Gasteiger partial charge in [0.1, 0.15) is 0 Å². The first-order chi connectivity index (χ1) is 8.74. The summed E-state index contributed by atoms with van der Waals surface area (Å²) in [5.41, 5.74) is 7.40. The second-order valence-electron chi connectivity index (χ2n) is 4.64. The number of carbonyl (C=O) groups excluding carboxylic acids is 1. The molecule has 1 saturated heterocycles. The highest BCUT2D eigenvalue weighted by atomic mass is 16.5. The zero-order valence-electron chi connectivity index (χ0n) is 10.8. The smallest absolute Gasteiger partial charge is 0.253 e. The van der Waals surface area contributed by atoms with Crippen molar-refractivity contribution in [3.05, 3.63) is 35.4 Å². The van der Waals surface area contributed by atoms with Gasteiger partial charge in [0.25, 0.3) is 5.91 Å². The third-order valence-corrected chi connectivity index (χ3v) is 3.37. The second-order valence-corrected chi connectivity index (χ2v) is 4.64. The molecule has 0 radical (unpaired) electrons. The Labute approximate surface area is 108 Å². The lowest BCUT2D eigenvalue weighted by Crippen LogP contribution is -2.30. The molecule has 2 rings (SSSR count). The fraction of sp³-hybridized carbons (Fsp3) is 0.500. The highest BCUT2D eigenvalue weighted by Gasteiger charge is 2.26. The van der Waals surface area contributed by atoms with Crippen LogP contribution in [0, 0.1) is 0 Å². The summed E-state index contributed by atoms with van der Waals surface area (Å²) in [7, 11) is 1.69. The molecule has 0 saturated carbocycles. The first-order valence-electron chi connectivity index (χ1n) is 6.35. The predicted octanol–water partition coefficient (Wildman–Crippen LogP) is 1.05. The van der Waals surface area contributed by atoms with Crippen LogP contribution in [0.15, 0.2) is 24.3 Å². The number of likely N-dealkylation sites (tertiary alicyclic amines) is 1. The number of benzene rings is 1. The van der Waals surface area contributed by atoms with Crippen LogP contribution in [0.25, 0.3) is 0 Å². The maximum Gasteiger partial charge on any atom is 0.253 e. The topological polar surface area (TPSA) is 55.6 Å². The van der Waals surface area contributed by atoms with E-state index in [4.69, 9.17) is 10.5 Å². The van der Waals surface area contributed by atoms with Crippen molar-refractivity contribution in [2.24, 2.45) is 5.73 Å². The molecular weight excluding hydrogens is 228 g/mol. The van der Waals surface area contributed by atoms with Crippen molar-refractivity contribution in [3.8, 4) is 0 Å². The molecule has 1 aliphatic heterocycles. The number of hydrogen-bond donors (Lipinski definition) is 1. The molecule has 0 aromatic heterocycles. The SMILES string of the molecule is COC1CCN(C(=O)c2cccc(CCN)c2)C1. The highest BCUT2D eigenvalue weighted by molar-refractivity contribution is 5.94. The lowest BCUT2D eigenvalue weighted by atomic mass is 10.1. The third kappa shape index (κ3) is 2.89. The van der Waals surface area contributed by atoms with E-state index in [0.717, 1.165) is 30.5 Å². The Hall–Kier alpha value is -1.39. The van der Waals surface area contributed by atoms with E-state index in [2.05, 4.69) is 0 Å². The third-order valence-electron chi connectivity index (χ3n) is 3.37. The van der Waals surface area contributed by atoms with Crippen LogP contribution in [0.2, 0.25) is 0 Å². The Morgan fingerprint density at radius 1 is 1.56 bits per heavy atom. The molecule has 0 spiro atoms. The number of nitrogens with two attached hydrogens (primary N) is 1. The maximum absolute atomic E-state index is 12.3. The van der Waals surface area contributed by atoms with Crippen molar-refractivity contribution in [3.63, 3.8) is 0 Å². The summed E-state index contributed by atoms with van der Waals surface area (Å²) < 4.78 is 5.28. The van der Waals surface area contributed by atoms with Crippen LogP contribution in [0.1, 0.15) is 22.3 Å². The zero-order chi connectivity index (χ0) is 13.0. The van der Waals surface area contributed by atoms with Crippen LogP contribution in [0.3, 0.4) is 0 Å². The van der Waals surface area contributed by atoms with Gasteiger partial charge in [0.15, 0.2) is 0 Å². The van der Waals surface area contributed by atoms with Crippen molar-refractivity contribution in [2.45, 2.75) is 18.9 Å². The van der Waals surface area contributed by atoms with Crippen molar-refractivity contribution in [1.82, 2.24) is 4.90 Å². The molecule has 1 heterocycles. The van der Waals surface area contributed by atoms with Crippen molar-refractivity contribution >= 4 is 5.91 Å². The van der Waals surface area contributed by atoms with E-state index in [0.29, 0.717) is 13.1 Å². The zero-order valence-corrected chi connectivity index (χ0v) is 10.8. The van der Waals surface area contributed by atoms with Gasteiger partial charge in [-0.25, -0.2) is 0 Å². The second kappa shape index (κ2) is 5.98. The minimum Gasteiger partial charge on any atom is -0.380 e. The van der Waals surface area contributed by atoms with E-state index in [1.807, 2.05) is 29.2 Å². The highest BCUT2D eigenvalue weighted by Crippen LogP contribution is 2.16. The molecule has 1 atom stereocenters. The molecule has 4 nitrogen and oxygen atoms in total. The van der Waals surface area contributed by atoms with Gasteiger partial charge in [-0.15, -0.1) is 0 Å². The lowest BCUT2D eigenvalue weighted by molar-refractivity contribution is 0.0724. The van der Waals surface area contributed by atoms with Crippen LogP contribution in [0.5, 0.6) is 0 Å². The van der Waals surface area contributed by atoms with E-state index in [1.165, 1.54) is 0 Å². The molecule has 1 aromatic rings. The van der Waals surface area contributed by atoms with Gasteiger partial charge >= 0.3 is 0 Å². The molecule has 1 unspecified atom stereocenters. The number of rotatable bonds is 4. The standard InChI is InChI=1S/C14H20N2O2/c1-18-13-6-8-16(10-13)14(17)12-4-2-3-11(9-12)5-7-15/h2-4,9,13H,5-8,10,15H2,1H3. The molecule has 0 aliphatic carbocycles. The van der Waals surface area contributed by atoms with E-state index in [9.17, 15) is 4.79 Å². The summed E-state index contributed by atoms with van der Waals surface area (Å²) in [6, 6.07) is 7.73. The van der Waals surface area contributed by atoms with Gasteiger partial charge in [0, 0.05) is 25.8 Å². The first kappa shape index (κ1) is 13.1. The number of methoxy groups -OCH3 is 1. The molecule has 4 heteroatoms. The number of hydrogen-bond acceptors (Lipinski definition) is 3. The molecule has 1 aliphatic rings. The van der Waals surface area contributed by atoms with Gasteiger partial charge in [-0.2, -0.15) is 0 Å². The minimum absolute atomic E-state index is 0.0911. The first-order valence-corrected chi connectivity index (χ1v) is 6.35. The van der Waals surface area contributed by atoms with Crippen LogP contribution in [-0.2, 0) is 11.2 Å². The number of carbonyl (C=O) groups is 1. The van der Waals surface area contributed by atoms with Crippen LogP contribution in [-0.4, -0.2) is 43.7 Å². The predicted molar refractivity (Wildman–Crippen MR) is 70.5 cm³/mol. The Morgan fingerprint density at radius 3 is 3.06 bits per heavy atom. The quantitative estimate of drug-likeness (QED) is 0.866. The molecule has 2 N–H and O–H groups in total. The lowest BCUT2D eigenvalue weighted by Gasteiger charge is -2.16. The summed E-state index contributed by atoms with van der Waals surface area (Å²) >= 11 is 0. The normalized spacial score (nSPS) is 19.2. The Kier molecular flexibility index (Phi) is 4.33. The summed E-state index contributed by atoms with van der Waals surface area (Å²) in [4.78, 5) is 14.2. The molecule has 18 heavy (non-hydrogen) atoms. The number of nitrogens with zero attached hydrogens (tertiary/aromatic N) is 1. The van der Waals surface area contributed by atoms with Crippen molar-refractivity contribution < 1.29 is 9.53 Å². The monoisotopic (exact) mass is 248 g/mol. The van der Waals surface area contributed by atoms with Gasteiger partial charge in [-0.1, -0.05) is 12.1 Å². The molecule has 1 amide bonds. The number of amides is 1. The molecule has 98 valence electrons. The van der Waals surface area contributed by atoms with E-state index in [1.54, 1.807) is 7.11 Å². The molecule has 1 fully saturated rings. The Morgan fingerprint density at radius 2 is 2.39 bits per heavy atom. The van der Waals surface area contributed by atoms with E-state index < -0.39 is 0 Å². The molecule has 1 aromatic carbocycles. The summed E-state index contributed by atoms with van der Waals surface area (Å²) in [6.07, 6.45) is 1.91. The average molecular weight is 248 g/mol. The largest absolute Gasteiger partial charge is 0.380 e. The minimum atomic E-state index is 0.0911. The Bertz CT molecular complexity index is 420. The van der Waals surface area contributed by atoms with Crippen LogP contribution < -0.4 is 5.73 Å². The maximum atomic E-state index is 12.3. The molecular formula is C14H20N2O2. The van der Waals surface area contributed by atoms with Crippen molar-refractivity contribution in [1.29, 1.82) is 0 Å². The molecule has 0 bridgehead atoms. The van der Waals surface area contributed by atoms with Gasteiger partial charge in [0.2, 0.25) is 0 Å². The number of ether oxygens (including phenoxy) is 1. The van der Waals surface area contributed by atoms with Gasteiger partial charge in [0.05, 0.1) is 6.10 Å².